The highest BCUT2D eigenvalue weighted by Gasteiger charge is 2.09. The van der Waals surface area contributed by atoms with E-state index in [1.54, 1.807) is 35.9 Å². The van der Waals surface area contributed by atoms with E-state index in [0.29, 0.717) is 12.1 Å². The number of nitrogens with one attached hydrogen (secondary N) is 1. The Morgan fingerprint density at radius 3 is 2.75 bits per heavy atom. The standard InChI is InChI=1S/C19H19N3OS/c1-14-17(12-15-6-3-2-4-7-15)24-18(22-14)9-11-21-19(23)16-8-5-10-20-13-16/h2-8,10,13H,9,11-12H2,1H3,(H,21,23). The molecule has 1 N–H and O–H groups in total. The second kappa shape index (κ2) is 7.84. The predicted octanol–water partition coefficient (Wildman–Crippen LogP) is 3.41. The summed E-state index contributed by atoms with van der Waals surface area (Å²) in [6.07, 6.45) is 4.88. The first kappa shape index (κ1) is 16.3. The molecule has 5 heteroatoms. The summed E-state index contributed by atoms with van der Waals surface area (Å²) in [5.74, 6) is -0.0964. The Morgan fingerprint density at radius 2 is 2.00 bits per heavy atom. The minimum Gasteiger partial charge on any atom is -0.352 e. The normalized spacial score (nSPS) is 10.5. The molecule has 0 spiro atoms. The lowest BCUT2D eigenvalue weighted by atomic mass is 10.1. The van der Waals surface area contributed by atoms with Crippen molar-refractivity contribution in [3.63, 3.8) is 0 Å². The molecule has 3 rings (SSSR count). The quantitative estimate of drug-likeness (QED) is 0.750. The Hall–Kier alpha value is -2.53. The van der Waals surface area contributed by atoms with Crippen LogP contribution in [0.5, 0.6) is 0 Å². The summed E-state index contributed by atoms with van der Waals surface area (Å²) in [6.45, 7) is 2.62. The van der Waals surface area contributed by atoms with Gasteiger partial charge >= 0.3 is 0 Å². The number of carbonyl (C=O) groups excluding carboxylic acids is 1. The SMILES string of the molecule is Cc1nc(CCNC(=O)c2cccnc2)sc1Cc1ccccc1. The van der Waals surface area contributed by atoms with E-state index >= 15 is 0 Å². The molecule has 3 aromatic rings. The number of rotatable bonds is 6. The molecule has 0 aliphatic heterocycles. The molecule has 4 nitrogen and oxygen atoms in total. The minimum atomic E-state index is -0.0964. The Balaban J connectivity index is 1.55. The minimum absolute atomic E-state index is 0.0964. The summed E-state index contributed by atoms with van der Waals surface area (Å²) >= 11 is 1.73. The van der Waals surface area contributed by atoms with Crippen LogP contribution >= 0.6 is 11.3 Å². The molecule has 0 atom stereocenters. The van der Waals surface area contributed by atoms with Gasteiger partial charge in [0, 0.05) is 36.7 Å². The van der Waals surface area contributed by atoms with E-state index < -0.39 is 0 Å². The first-order chi connectivity index (χ1) is 11.7. The molecule has 0 saturated carbocycles. The fourth-order valence-electron chi connectivity index (χ4n) is 2.42. The molecule has 0 fully saturated rings. The topological polar surface area (TPSA) is 54.9 Å². The van der Waals surface area contributed by atoms with Gasteiger partial charge in [0.2, 0.25) is 0 Å². The predicted molar refractivity (Wildman–Crippen MR) is 96.4 cm³/mol. The number of carbonyl (C=O) groups is 1. The van der Waals surface area contributed by atoms with Gasteiger partial charge in [-0.15, -0.1) is 11.3 Å². The zero-order valence-corrected chi connectivity index (χ0v) is 14.3. The summed E-state index contributed by atoms with van der Waals surface area (Å²) in [5, 5.41) is 3.97. The van der Waals surface area contributed by atoms with Gasteiger partial charge in [-0.25, -0.2) is 4.98 Å². The number of aryl methyl sites for hydroxylation is 1. The summed E-state index contributed by atoms with van der Waals surface area (Å²) in [6, 6.07) is 13.9. The van der Waals surface area contributed by atoms with Crippen LogP contribution < -0.4 is 5.32 Å². The zero-order valence-electron chi connectivity index (χ0n) is 13.5. The van der Waals surface area contributed by atoms with Crippen molar-refractivity contribution in [3.8, 4) is 0 Å². The van der Waals surface area contributed by atoms with Crippen LogP contribution in [0.3, 0.4) is 0 Å². The van der Waals surface area contributed by atoms with Crippen molar-refractivity contribution < 1.29 is 4.79 Å². The Labute approximate surface area is 145 Å². The van der Waals surface area contributed by atoms with E-state index in [9.17, 15) is 4.79 Å². The summed E-state index contributed by atoms with van der Waals surface area (Å²) < 4.78 is 0. The summed E-state index contributed by atoms with van der Waals surface area (Å²) in [5.41, 5.74) is 2.95. The third-order valence-corrected chi connectivity index (χ3v) is 4.91. The maximum Gasteiger partial charge on any atom is 0.252 e. The van der Waals surface area contributed by atoms with Crippen LogP contribution in [0.1, 0.15) is 31.5 Å². The van der Waals surface area contributed by atoms with Gasteiger partial charge in [0.25, 0.3) is 5.91 Å². The third-order valence-electron chi connectivity index (χ3n) is 3.69. The molecule has 0 aliphatic rings. The second-order valence-electron chi connectivity index (χ2n) is 5.53. The average molecular weight is 337 g/mol. The molecule has 24 heavy (non-hydrogen) atoms. The van der Waals surface area contributed by atoms with E-state index in [-0.39, 0.29) is 5.91 Å². The first-order valence-electron chi connectivity index (χ1n) is 7.89. The molecule has 0 aliphatic carbocycles. The van der Waals surface area contributed by atoms with Crippen LogP contribution in [-0.2, 0) is 12.8 Å². The Kier molecular flexibility index (Phi) is 5.33. The van der Waals surface area contributed by atoms with Gasteiger partial charge in [-0.3, -0.25) is 9.78 Å². The number of hydrogen-bond donors (Lipinski definition) is 1. The Morgan fingerprint density at radius 1 is 1.17 bits per heavy atom. The van der Waals surface area contributed by atoms with E-state index in [1.807, 2.05) is 13.0 Å². The number of pyridine rings is 1. The molecule has 1 aromatic carbocycles. The van der Waals surface area contributed by atoms with Crippen molar-refractivity contribution >= 4 is 17.2 Å². The zero-order chi connectivity index (χ0) is 16.8. The van der Waals surface area contributed by atoms with Gasteiger partial charge in [-0.05, 0) is 24.6 Å². The molecule has 0 radical (unpaired) electrons. The molecule has 1 amide bonds. The van der Waals surface area contributed by atoms with Crippen molar-refractivity contribution in [2.75, 3.05) is 6.54 Å². The monoisotopic (exact) mass is 337 g/mol. The van der Waals surface area contributed by atoms with Gasteiger partial charge in [0.1, 0.15) is 0 Å². The van der Waals surface area contributed by atoms with Crippen LogP contribution in [0.4, 0.5) is 0 Å². The highest BCUT2D eigenvalue weighted by molar-refractivity contribution is 7.11. The van der Waals surface area contributed by atoms with Gasteiger partial charge < -0.3 is 5.32 Å². The third kappa shape index (κ3) is 4.26. The van der Waals surface area contributed by atoms with Gasteiger partial charge in [0.15, 0.2) is 0 Å². The van der Waals surface area contributed by atoms with E-state index in [0.717, 1.165) is 23.5 Å². The Bertz CT molecular complexity index is 800. The molecule has 0 saturated heterocycles. The first-order valence-corrected chi connectivity index (χ1v) is 8.71. The molecule has 2 heterocycles. The molecular weight excluding hydrogens is 318 g/mol. The van der Waals surface area contributed by atoms with Crippen LogP contribution in [0.2, 0.25) is 0 Å². The van der Waals surface area contributed by atoms with Crippen LogP contribution in [0.15, 0.2) is 54.9 Å². The van der Waals surface area contributed by atoms with Crippen molar-refractivity contribution in [3.05, 3.63) is 81.6 Å². The highest BCUT2D eigenvalue weighted by atomic mass is 32.1. The van der Waals surface area contributed by atoms with Crippen LogP contribution in [-0.4, -0.2) is 22.4 Å². The van der Waals surface area contributed by atoms with Crippen molar-refractivity contribution in [2.45, 2.75) is 19.8 Å². The number of amides is 1. The largest absolute Gasteiger partial charge is 0.352 e. The molecule has 0 bridgehead atoms. The van der Waals surface area contributed by atoms with E-state index in [1.165, 1.54) is 10.4 Å². The van der Waals surface area contributed by atoms with E-state index in [4.69, 9.17) is 0 Å². The van der Waals surface area contributed by atoms with Gasteiger partial charge in [-0.2, -0.15) is 0 Å². The maximum absolute atomic E-state index is 12.0. The molecule has 122 valence electrons. The lowest BCUT2D eigenvalue weighted by molar-refractivity contribution is 0.0954. The number of thiazole rings is 1. The molecule has 0 unspecified atom stereocenters. The number of hydrogen-bond acceptors (Lipinski definition) is 4. The lowest BCUT2D eigenvalue weighted by Crippen LogP contribution is -2.25. The number of aromatic nitrogens is 2. The average Bonchev–Trinajstić information content (AvgIpc) is 2.96. The van der Waals surface area contributed by atoms with Crippen molar-refractivity contribution in [1.29, 1.82) is 0 Å². The second-order valence-corrected chi connectivity index (χ2v) is 6.69. The van der Waals surface area contributed by atoms with Gasteiger partial charge in [0.05, 0.1) is 16.3 Å². The number of nitrogens with zero attached hydrogens (tertiary/aromatic N) is 2. The maximum atomic E-state index is 12.0. The van der Waals surface area contributed by atoms with Crippen LogP contribution in [0.25, 0.3) is 0 Å². The van der Waals surface area contributed by atoms with E-state index in [2.05, 4.69) is 39.6 Å². The number of benzene rings is 1. The molecule has 2 aromatic heterocycles. The highest BCUT2D eigenvalue weighted by Crippen LogP contribution is 2.21. The van der Waals surface area contributed by atoms with Crippen molar-refractivity contribution in [1.82, 2.24) is 15.3 Å². The van der Waals surface area contributed by atoms with Gasteiger partial charge in [-0.1, -0.05) is 30.3 Å². The smallest absolute Gasteiger partial charge is 0.252 e. The summed E-state index contributed by atoms with van der Waals surface area (Å²) in [7, 11) is 0. The fraction of sp³-hybridized carbons (Fsp3) is 0.211. The molecular formula is C19H19N3OS. The van der Waals surface area contributed by atoms with Crippen molar-refractivity contribution in [2.24, 2.45) is 0 Å². The fourth-order valence-corrected chi connectivity index (χ4v) is 3.53. The lowest BCUT2D eigenvalue weighted by Gasteiger charge is -2.03. The van der Waals surface area contributed by atoms with Crippen LogP contribution in [0, 0.1) is 6.92 Å². The summed E-state index contributed by atoms with van der Waals surface area (Å²) in [4.78, 5) is 21.9.